The van der Waals surface area contributed by atoms with Crippen LogP contribution in [0, 0.1) is 5.92 Å². The van der Waals surface area contributed by atoms with Crippen LogP contribution in [0.4, 0.5) is 0 Å². The molecule has 1 heterocycles. The lowest BCUT2D eigenvalue weighted by molar-refractivity contribution is -0.148. The second-order valence-corrected chi connectivity index (χ2v) is 4.98. The summed E-state index contributed by atoms with van der Waals surface area (Å²) in [6, 6.07) is 1.14. The van der Waals surface area contributed by atoms with Crippen LogP contribution in [0.5, 0.6) is 0 Å². The summed E-state index contributed by atoms with van der Waals surface area (Å²) in [4.78, 5) is 14.1. The van der Waals surface area contributed by atoms with E-state index in [2.05, 4.69) is 10.2 Å². The average Bonchev–Trinajstić information content (AvgIpc) is 2.25. The third-order valence-electron chi connectivity index (χ3n) is 4.01. The number of rotatable bonds is 3. The molecule has 0 aromatic rings. The van der Waals surface area contributed by atoms with E-state index in [1.165, 1.54) is 26.4 Å². The number of hydrogen-bond acceptors (Lipinski definition) is 4. The Hall–Kier alpha value is -0.610. The molecule has 1 aliphatic heterocycles. The van der Waals surface area contributed by atoms with Gasteiger partial charge < -0.3 is 10.1 Å². The second kappa shape index (κ2) is 5.15. The maximum atomic E-state index is 11.6. The van der Waals surface area contributed by atoms with Crippen LogP contribution in [0.2, 0.25) is 0 Å². The second-order valence-electron chi connectivity index (χ2n) is 4.98. The van der Waals surface area contributed by atoms with E-state index < -0.39 is 0 Å². The largest absolute Gasteiger partial charge is 0.469 e. The van der Waals surface area contributed by atoms with Gasteiger partial charge in [0.15, 0.2) is 0 Å². The zero-order valence-corrected chi connectivity index (χ0v) is 10.2. The lowest BCUT2D eigenvalue weighted by Gasteiger charge is -2.44. The van der Waals surface area contributed by atoms with E-state index in [1.54, 1.807) is 0 Å². The van der Waals surface area contributed by atoms with Crippen LogP contribution in [0.15, 0.2) is 0 Å². The average molecular weight is 226 g/mol. The first-order valence-corrected chi connectivity index (χ1v) is 6.23. The van der Waals surface area contributed by atoms with Crippen molar-refractivity contribution < 1.29 is 9.53 Å². The normalized spacial score (nSPS) is 32.1. The molecule has 0 aromatic carbocycles. The molecule has 1 N–H and O–H groups in total. The van der Waals surface area contributed by atoms with Gasteiger partial charge in [0.05, 0.1) is 13.0 Å². The summed E-state index contributed by atoms with van der Waals surface area (Å²) in [7, 11) is 3.46. The predicted molar refractivity (Wildman–Crippen MR) is 62.2 cm³/mol. The number of hydrogen-bond donors (Lipinski definition) is 1. The van der Waals surface area contributed by atoms with Gasteiger partial charge in [-0.15, -0.1) is 0 Å². The lowest BCUT2D eigenvalue weighted by atomic mass is 9.86. The van der Waals surface area contributed by atoms with Gasteiger partial charge in [0.25, 0.3) is 0 Å². The molecule has 1 saturated heterocycles. The van der Waals surface area contributed by atoms with E-state index in [9.17, 15) is 4.79 Å². The van der Waals surface area contributed by atoms with Gasteiger partial charge in [-0.1, -0.05) is 6.42 Å². The Morgan fingerprint density at radius 3 is 2.62 bits per heavy atom. The minimum Gasteiger partial charge on any atom is -0.469 e. The molecular weight excluding hydrogens is 204 g/mol. The minimum absolute atomic E-state index is 0.0516. The van der Waals surface area contributed by atoms with Gasteiger partial charge in [-0.05, 0) is 26.3 Å². The molecule has 92 valence electrons. The molecule has 4 nitrogen and oxygen atoms in total. The summed E-state index contributed by atoms with van der Waals surface area (Å²) in [6.07, 6.45) is 4.84. The van der Waals surface area contributed by atoms with Crippen molar-refractivity contribution in [1.29, 1.82) is 0 Å². The van der Waals surface area contributed by atoms with Crippen molar-refractivity contribution in [1.82, 2.24) is 10.2 Å². The van der Waals surface area contributed by atoms with Gasteiger partial charge in [-0.25, -0.2) is 0 Å². The lowest BCUT2D eigenvalue weighted by Crippen LogP contribution is -2.55. The third kappa shape index (κ3) is 2.38. The SMILES string of the molecule is CNC1CC(C(=O)OC)CN(C2CCC2)C1. The molecule has 16 heavy (non-hydrogen) atoms. The van der Waals surface area contributed by atoms with E-state index in [4.69, 9.17) is 4.74 Å². The van der Waals surface area contributed by atoms with Crippen LogP contribution in [-0.4, -0.2) is 50.2 Å². The number of piperidine rings is 1. The topological polar surface area (TPSA) is 41.6 Å². The minimum atomic E-state index is -0.0516. The van der Waals surface area contributed by atoms with Crippen LogP contribution in [0.3, 0.4) is 0 Å². The van der Waals surface area contributed by atoms with Crippen molar-refractivity contribution in [2.75, 3.05) is 27.2 Å². The zero-order valence-electron chi connectivity index (χ0n) is 10.2. The first kappa shape index (κ1) is 11.9. The van der Waals surface area contributed by atoms with Gasteiger partial charge in [-0.3, -0.25) is 9.69 Å². The summed E-state index contributed by atoms with van der Waals surface area (Å²) < 4.78 is 4.87. The molecule has 0 radical (unpaired) electrons. The highest BCUT2D eigenvalue weighted by Gasteiger charge is 2.36. The standard InChI is InChI=1S/C12H22N2O2/c1-13-10-6-9(12(15)16-2)7-14(8-10)11-4-3-5-11/h9-11,13H,3-8H2,1-2H3. The van der Waals surface area contributed by atoms with Crippen molar-refractivity contribution in [2.45, 2.75) is 37.8 Å². The van der Waals surface area contributed by atoms with Gasteiger partial charge >= 0.3 is 5.97 Å². The Balaban J connectivity index is 1.96. The fourth-order valence-corrected chi connectivity index (χ4v) is 2.73. The number of nitrogens with one attached hydrogen (secondary N) is 1. The number of esters is 1. The fourth-order valence-electron chi connectivity index (χ4n) is 2.73. The molecule has 0 bridgehead atoms. The molecule has 2 atom stereocenters. The van der Waals surface area contributed by atoms with Crippen LogP contribution in [0.25, 0.3) is 0 Å². The number of carbonyl (C=O) groups is 1. The highest BCUT2D eigenvalue weighted by Crippen LogP contribution is 2.29. The molecule has 0 aromatic heterocycles. The number of methoxy groups -OCH3 is 1. The highest BCUT2D eigenvalue weighted by atomic mass is 16.5. The summed E-state index contributed by atoms with van der Waals surface area (Å²) in [5.41, 5.74) is 0. The summed E-state index contributed by atoms with van der Waals surface area (Å²) in [6.45, 7) is 1.96. The Morgan fingerprint density at radius 2 is 2.12 bits per heavy atom. The molecule has 2 rings (SSSR count). The Bertz CT molecular complexity index is 253. The van der Waals surface area contributed by atoms with Gasteiger partial charge in [0, 0.05) is 25.2 Å². The number of nitrogens with zero attached hydrogens (tertiary/aromatic N) is 1. The predicted octanol–water partition coefficient (Wildman–Crippen LogP) is 0.622. The van der Waals surface area contributed by atoms with Crippen LogP contribution in [-0.2, 0) is 9.53 Å². The van der Waals surface area contributed by atoms with E-state index >= 15 is 0 Å². The van der Waals surface area contributed by atoms with Gasteiger partial charge in [-0.2, -0.15) is 0 Å². The molecule has 1 aliphatic carbocycles. The van der Waals surface area contributed by atoms with Crippen molar-refractivity contribution in [3.05, 3.63) is 0 Å². The molecule has 0 amide bonds. The zero-order chi connectivity index (χ0) is 11.5. The quantitative estimate of drug-likeness (QED) is 0.716. The van der Waals surface area contributed by atoms with Crippen LogP contribution >= 0.6 is 0 Å². The van der Waals surface area contributed by atoms with Crippen LogP contribution < -0.4 is 5.32 Å². The van der Waals surface area contributed by atoms with Crippen molar-refractivity contribution in [3.8, 4) is 0 Å². The molecule has 2 fully saturated rings. The number of likely N-dealkylation sites (tertiary alicyclic amines) is 1. The van der Waals surface area contributed by atoms with Gasteiger partial charge in [0.2, 0.25) is 0 Å². The summed E-state index contributed by atoms with van der Waals surface area (Å²) in [5, 5.41) is 3.30. The molecule has 1 saturated carbocycles. The highest BCUT2D eigenvalue weighted by molar-refractivity contribution is 5.72. The third-order valence-corrected chi connectivity index (χ3v) is 4.01. The van der Waals surface area contributed by atoms with Crippen molar-refractivity contribution in [3.63, 3.8) is 0 Å². The first-order chi connectivity index (χ1) is 7.74. The van der Waals surface area contributed by atoms with E-state index in [-0.39, 0.29) is 11.9 Å². The molecular formula is C12H22N2O2. The number of ether oxygens (including phenoxy) is 1. The Morgan fingerprint density at radius 1 is 1.38 bits per heavy atom. The van der Waals surface area contributed by atoms with E-state index in [1.807, 2.05) is 7.05 Å². The fraction of sp³-hybridized carbons (Fsp3) is 0.917. The maximum Gasteiger partial charge on any atom is 0.310 e. The van der Waals surface area contributed by atoms with Crippen LogP contribution in [0.1, 0.15) is 25.7 Å². The monoisotopic (exact) mass is 226 g/mol. The molecule has 0 spiro atoms. The summed E-state index contributed by atoms with van der Waals surface area (Å²) in [5.74, 6) is 0.000994. The number of likely N-dealkylation sites (N-methyl/N-ethyl adjacent to an activating group) is 1. The summed E-state index contributed by atoms with van der Waals surface area (Å²) >= 11 is 0. The van der Waals surface area contributed by atoms with Gasteiger partial charge in [0.1, 0.15) is 0 Å². The number of carbonyl (C=O) groups excluding carboxylic acids is 1. The van der Waals surface area contributed by atoms with Crippen molar-refractivity contribution >= 4 is 5.97 Å². The molecule has 2 aliphatic rings. The smallest absolute Gasteiger partial charge is 0.310 e. The Kier molecular flexibility index (Phi) is 3.82. The molecule has 2 unspecified atom stereocenters. The van der Waals surface area contributed by atoms with E-state index in [0.717, 1.165) is 19.5 Å². The maximum absolute atomic E-state index is 11.6. The Labute approximate surface area is 97.3 Å². The molecule has 4 heteroatoms. The first-order valence-electron chi connectivity index (χ1n) is 6.23. The van der Waals surface area contributed by atoms with E-state index in [0.29, 0.717) is 12.1 Å². The van der Waals surface area contributed by atoms with Crippen molar-refractivity contribution in [2.24, 2.45) is 5.92 Å².